The summed E-state index contributed by atoms with van der Waals surface area (Å²) in [6, 6.07) is 13.2. The van der Waals surface area contributed by atoms with Crippen LogP contribution in [0.3, 0.4) is 0 Å². The summed E-state index contributed by atoms with van der Waals surface area (Å²) in [7, 11) is 1.59. The van der Waals surface area contributed by atoms with Gasteiger partial charge in [0, 0.05) is 18.1 Å². The molecule has 0 bridgehead atoms. The van der Waals surface area contributed by atoms with E-state index in [1.807, 2.05) is 53.9 Å². The first kappa shape index (κ1) is 16.2. The summed E-state index contributed by atoms with van der Waals surface area (Å²) < 4.78 is 13.1. The highest BCUT2D eigenvalue weighted by Crippen LogP contribution is 2.29. The number of nitrogens with zero attached hydrogens (tertiary/aromatic N) is 3. The van der Waals surface area contributed by atoms with Gasteiger partial charge < -0.3 is 18.5 Å². The van der Waals surface area contributed by atoms with Gasteiger partial charge in [0.1, 0.15) is 5.65 Å². The topological polar surface area (TPSA) is 60.0 Å². The van der Waals surface area contributed by atoms with E-state index < -0.39 is 0 Å². The van der Waals surface area contributed by atoms with Crippen molar-refractivity contribution in [2.75, 3.05) is 13.7 Å². The van der Waals surface area contributed by atoms with Crippen LogP contribution in [0.5, 0.6) is 5.75 Å². The van der Waals surface area contributed by atoms with Crippen molar-refractivity contribution in [2.24, 2.45) is 0 Å². The summed E-state index contributed by atoms with van der Waals surface area (Å²) in [5, 5.41) is 0.846. The number of furan rings is 1. The summed E-state index contributed by atoms with van der Waals surface area (Å²) >= 11 is 0. The largest absolute Gasteiger partial charge is 0.493 e. The number of aromatic nitrogens is 2. The first-order valence-electron chi connectivity index (χ1n) is 8.48. The number of imidazole rings is 1. The highest BCUT2D eigenvalue weighted by Gasteiger charge is 2.21. The zero-order valence-electron chi connectivity index (χ0n) is 14.7. The molecule has 0 N–H and O–H groups in total. The van der Waals surface area contributed by atoms with Gasteiger partial charge in [-0.15, -0.1) is 0 Å². The van der Waals surface area contributed by atoms with E-state index in [-0.39, 0.29) is 5.91 Å². The normalized spacial score (nSPS) is 11.2. The van der Waals surface area contributed by atoms with Crippen LogP contribution in [-0.2, 0) is 6.54 Å². The number of fused-ring (bicyclic) bond motifs is 2. The zero-order chi connectivity index (χ0) is 18.1. The van der Waals surface area contributed by atoms with Gasteiger partial charge in [0.15, 0.2) is 17.1 Å². The zero-order valence-corrected chi connectivity index (χ0v) is 14.7. The van der Waals surface area contributed by atoms with E-state index in [1.54, 1.807) is 24.3 Å². The Morgan fingerprint density at radius 3 is 2.96 bits per heavy atom. The molecule has 0 atom stereocenters. The molecule has 132 valence electrons. The summed E-state index contributed by atoms with van der Waals surface area (Å²) in [6.07, 6.45) is 3.75. The molecule has 4 aromatic rings. The number of hydrogen-bond acceptors (Lipinski definition) is 4. The van der Waals surface area contributed by atoms with E-state index in [0.29, 0.717) is 30.2 Å². The number of amides is 1. The van der Waals surface area contributed by atoms with Crippen LogP contribution in [0, 0.1) is 0 Å². The molecule has 0 spiro atoms. The monoisotopic (exact) mass is 349 g/mol. The first-order chi connectivity index (χ1) is 12.7. The lowest BCUT2D eigenvalue weighted by atomic mass is 10.2. The van der Waals surface area contributed by atoms with Gasteiger partial charge in [0.05, 0.1) is 25.5 Å². The van der Waals surface area contributed by atoms with Crippen molar-refractivity contribution in [1.29, 1.82) is 0 Å². The predicted octanol–water partition coefficient (Wildman–Crippen LogP) is 3.75. The van der Waals surface area contributed by atoms with E-state index in [9.17, 15) is 4.79 Å². The van der Waals surface area contributed by atoms with Crippen LogP contribution in [-0.4, -0.2) is 33.8 Å². The molecule has 1 aromatic carbocycles. The number of carbonyl (C=O) groups is 1. The minimum absolute atomic E-state index is 0.156. The molecular formula is C20H19N3O3. The number of methoxy groups -OCH3 is 1. The van der Waals surface area contributed by atoms with Crippen LogP contribution >= 0.6 is 0 Å². The second-order valence-electron chi connectivity index (χ2n) is 5.99. The summed E-state index contributed by atoms with van der Waals surface area (Å²) in [5.41, 5.74) is 2.40. The Balaban J connectivity index is 1.65. The minimum Gasteiger partial charge on any atom is -0.493 e. The smallest absolute Gasteiger partial charge is 0.289 e. The number of rotatable bonds is 5. The lowest BCUT2D eigenvalue weighted by Gasteiger charge is -2.19. The standard InChI is InChI=1S/C20H19N3O3/c1-3-22(13-15-12-21-18-9-4-5-10-23(15)18)20(24)17-11-14-7-6-8-16(25-2)19(14)26-17/h4-12H,3,13H2,1-2H3. The van der Waals surface area contributed by atoms with Gasteiger partial charge in [-0.25, -0.2) is 4.98 Å². The molecule has 0 saturated heterocycles. The van der Waals surface area contributed by atoms with E-state index in [2.05, 4.69) is 4.98 Å². The molecule has 3 aromatic heterocycles. The molecule has 6 heteroatoms. The molecule has 1 amide bonds. The van der Waals surface area contributed by atoms with Gasteiger partial charge in [0.2, 0.25) is 0 Å². The predicted molar refractivity (Wildman–Crippen MR) is 98.4 cm³/mol. The molecule has 0 fully saturated rings. The molecule has 0 saturated carbocycles. The second kappa shape index (κ2) is 6.55. The highest BCUT2D eigenvalue weighted by atomic mass is 16.5. The number of hydrogen-bond donors (Lipinski definition) is 0. The van der Waals surface area contributed by atoms with E-state index in [1.165, 1.54) is 0 Å². The Bertz CT molecular complexity index is 1080. The Morgan fingerprint density at radius 2 is 2.15 bits per heavy atom. The third kappa shape index (κ3) is 2.69. The third-order valence-corrected chi connectivity index (χ3v) is 4.45. The lowest BCUT2D eigenvalue weighted by Crippen LogP contribution is -2.30. The fourth-order valence-electron chi connectivity index (χ4n) is 3.08. The Morgan fingerprint density at radius 1 is 1.27 bits per heavy atom. The number of ether oxygens (including phenoxy) is 1. The minimum atomic E-state index is -0.156. The van der Waals surface area contributed by atoms with E-state index >= 15 is 0 Å². The van der Waals surface area contributed by atoms with Gasteiger partial charge in [-0.2, -0.15) is 0 Å². The summed E-state index contributed by atoms with van der Waals surface area (Å²) in [4.78, 5) is 19.1. The Kier molecular flexibility index (Phi) is 4.08. The van der Waals surface area contributed by atoms with Crippen molar-refractivity contribution in [3.63, 3.8) is 0 Å². The third-order valence-electron chi connectivity index (χ3n) is 4.45. The second-order valence-corrected chi connectivity index (χ2v) is 5.99. The van der Waals surface area contributed by atoms with Crippen LogP contribution in [0.15, 0.2) is 59.3 Å². The lowest BCUT2D eigenvalue weighted by molar-refractivity contribution is 0.0720. The van der Waals surface area contributed by atoms with Crippen LogP contribution in [0.2, 0.25) is 0 Å². The van der Waals surface area contributed by atoms with Gasteiger partial charge in [0.25, 0.3) is 5.91 Å². The fourth-order valence-corrected chi connectivity index (χ4v) is 3.08. The van der Waals surface area contributed by atoms with Crippen molar-refractivity contribution < 1.29 is 13.9 Å². The molecule has 0 aliphatic carbocycles. The molecule has 4 rings (SSSR count). The Labute approximate surface area is 150 Å². The molecule has 0 aliphatic rings. The average Bonchev–Trinajstić information content (AvgIpc) is 3.29. The molecular weight excluding hydrogens is 330 g/mol. The molecule has 26 heavy (non-hydrogen) atoms. The summed E-state index contributed by atoms with van der Waals surface area (Å²) in [5.74, 6) is 0.767. The van der Waals surface area contributed by atoms with Crippen molar-refractivity contribution in [2.45, 2.75) is 13.5 Å². The maximum atomic E-state index is 13.0. The quantitative estimate of drug-likeness (QED) is 0.550. The van der Waals surface area contributed by atoms with Crippen LogP contribution in [0.25, 0.3) is 16.6 Å². The Hall–Kier alpha value is -3.28. The maximum absolute atomic E-state index is 13.0. The van der Waals surface area contributed by atoms with Crippen LogP contribution in [0.1, 0.15) is 23.2 Å². The summed E-state index contributed by atoms with van der Waals surface area (Å²) in [6.45, 7) is 2.96. The molecule has 3 heterocycles. The van der Waals surface area contributed by atoms with Gasteiger partial charge in [-0.3, -0.25) is 4.79 Å². The molecule has 6 nitrogen and oxygen atoms in total. The molecule has 0 aliphatic heterocycles. The van der Waals surface area contributed by atoms with Crippen molar-refractivity contribution in [3.8, 4) is 5.75 Å². The number of para-hydroxylation sites is 1. The molecule has 0 unspecified atom stereocenters. The van der Waals surface area contributed by atoms with Crippen molar-refractivity contribution >= 4 is 22.5 Å². The average molecular weight is 349 g/mol. The number of benzene rings is 1. The van der Waals surface area contributed by atoms with Crippen molar-refractivity contribution in [1.82, 2.24) is 14.3 Å². The van der Waals surface area contributed by atoms with Crippen LogP contribution < -0.4 is 4.74 Å². The van der Waals surface area contributed by atoms with Gasteiger partial charge in [-0.05, 0) is 31.2 Å². The molecule has 0 radical (unpaired) electrons. The maximum Gasteiger partial charge on any atom is 0.289 e. The van der Waals surface area contributed by atoms with Crippen molar-refractivity contribution in [3.05, 3.63) is 66.3 Å². The number of carbonyl (C=O) groups excluding carboxylic acids is 1. The first-order valence-corrected chi connectivity index (χ1v) is 8.48. The van der Waals surface area contributed by atoms with Crippen LogP contribution in [0.4, 0.5) is 0 Å². The van der Waals surface area contributed by atoms with Gasteiger partial charge >= 0.3 is 0 Å². The van der Waals surface area contributed by atoms with Gasteiger partial charge in [-0.1, -0.05) is 18.2 Å². The fraction of sp³-hybridized carbons (Fsp3) is 0.200. The highest BCUT2D eigenvalue weighted by molar-refractivity contribution is 5.97. The van der Waals surface area contributed by atoms with E-state index in [4.69, 9.17) is 9.15 Å². The van der Waals surface area contributed by atoms with E-state index in [0.717, 1.165) is 16.7 Å². The number of pyridine rings is 1. The SMILES string of the molecule is CCN(Cc1cnc2ccccn12)C(=O)c1cc2cccc(OC)c2o1.